The number of hydrogen-bond acceptors (Lipinski definition) is 6. The summed E-state index contributed by atoms with van der Waals surface area (Å²) in [5, 5.41) is 9.40. The van der Waals surface area contributed by atoms with Crippen LogP contribution in [0.15, 0.2) is 14.6 Å². The van der Waals surface area contributed by atoms with E-state index in [1.54, 1.807) is 7.05 Å². The monoisotopic (exact) mass is 394 g/mol. The van der Waals surface area contributed by atoms with Crippen LogP contribution in [0.4, 0.5) is 0 Å². The number of rotatable bonds is 9. The van der Waals surface area contributed by atoms with Crippen LogP contribution in [0.1, 0.15) is 51.8 Å². The molecular formula is C18H26N4O4S. The third kappa shape index (κ3) is 4.58. The van der Waals surface area contributed by atoms with E-state index in [0.29, 0.717) is 23.7 Å². The lowest BCUT2D eigenvalue weighted by Crippen LogP contribution is -2.38. The summed E-state index contributed by atoms with van der Waals surface area (Å²) in [6.45, 7) is 4.05. The van der Waals surface area contributed by atoms with Gasteiger partial charge in [0.05, 0.1) is 0 Å². The van der Waals surface area contributed by atoms with Crippen molar-refractivity contribution < 1.29 is 9.90 Å². The van der Waals surface area contributed by atoms with Crippen LogP contribution in [0.3, 0.4) is 0 Å². The summed E-state index contributed by atoms with van der Waals surface area (Å²) < 4.78 is 2.32. The number of aromatic nitrogens is 4. The van der Waals surface area contributed by atoms with Gasteiger partial charge in [-0.05, 0) is 12.8 Å². The first-order chi connectivity index (χ1) is 12.8. The average Bonchev–Trinajstić information content (AvgIpc) is 2.65. The molecule has 2 aromatic heterocycles. The van der Waals surface area contributed by atoms with E-state index in [2.05, 4.69) is 9.97 Å². The fraction of sp³-hybridized carbons (Fsp3) is 0.611. The van der Waals surface area contributed by atoms with Crippen molar-refractivity contribution in [3.8, 4) is 0 Å². The summed E-state index contributed by atoms with van der Waals surface area (Å²) in [6.07, 6.45) is 4.56. The third-order valence-electron chi connectivity index (χ3n) is 4.42. The standard InChI is InChI=1S/C18H26N4O4S/c1-5-7-9-11(17(24)25)27-15-13-14(19-12(20-15)10-8-6-2)21(3)18(26)22(4)16(13)23/h11H,5-10H2,1-4H3,(H,24,25)/t11-/m0/s1. The van der Waals surface area contributed by atoms with E-state index >= 15 is 0 Å². The second-order valence-corrected chi connectivity index (χ2v) is 7.73. The molecule has 0 amide bonds. The first-order valence-corrected chi connectivity index (χ1v) is 10.1. The van der Waals surface area contributed by atoms with Gasteiger partial charge in [-0.15, -0.1) is 0 Å². The topological polar surface area (TPSA) is 107 Å². The molecular weight excluding hydrogens is 368 g/mol. The zero-order valence-corrected chi connectivity index (χ0v) is 17.0. The minimum Gasteiger partial charge on any atom is -0.480 e. The molecule has 0 spiro atoms. The molecule has 0 aliphatic heterocycles. The van der Waals surface area contributed by atoms with Gasteiger partial charge < -0.3 is 5.11 Å². The minimum atomic E-state index is -0.933. The van der Waals surface area contributed by atoms with Gasteiger partial charge >= 0.3 is 11.7 Å². The lowest BCUT2D eigenvalue weighted by molar-refractivity contribution is -0.136. The molecule has 0 aliphatic carbocycles. The van der Waals surface area contributed by atoms with E-state index in [9.17, 15) is 19.5 Å². The molecule has 0 aromatic carbocycles. The maximum Gasteiger partial charge on any atom is 0.332 e. The van der Waals surface area contributed by atoms with E-state index in [1.165, 1.54) is 11.6 Å². The van der Waals surface area contributed by atoms with Crippen molar-refractivity contribution >= 4 is 28.8 Å². The first-order valence-electron chi connectivity index (χ1n) is 9.17. The molecule has 0 fully saturated rings. The number of unbranched alkanes of at least 4 members (excludes halogenated alkanes) is 2. The molecule has 2 rings (SSSR count). The van der Waals surface area contributed by atoms with Crippen LogP contribution < -0.4 is 11.2 Å². The quantitative estimate of drug-likeness (QED) is 0.513. The molecule has 1 atom stereocenters. The lowest BCUT2D eigenvalue weighted by atomic mass is 10.2. The average molecular weight is 394 g/mol. The maximum absolute atomic E-state index is 12.7. The van der Waals surface area contributed by atoms with Gasteiger partial charge in [0.25, 0.3) is 5.56 Å². The molecule has 0 saturated heterocycles. The predicted molar refractivity (Wildman–Crippen MR) is 105 cm³/mol. The van der Waals surface area contributed by atoms with Crippen LogP contribution in [0.2, 0.25) is 0 Å². The molecule has 2 heterocycles. The Balaban J connectivity index is 2.69. The molecule has 8 nitrogen and oxygen atoms in total. The Morgan fingerprint density at radius 2 is 1.78 bits per heavy atom. The van der Waals surface area contributed by atoms with Crippen molar-refractivity contribution in [1.82, 2.24) is 19.1 Å². The van der Waals surface area contributed by atoms with Crippen LogP contribution >= 0.6 is 11.8 Å². The molecule has 0 unspecified atom stereocenters. The Morgan fingerprint density at radius 3 is 2.37 bits per heavy atom. The summed E-state index contributed by atoms with van der Waals surface area (Å²) in [4.78, 5) is 45.6. The van der Waals surface area contributed by atoms with E-state index in [0.717, 1.165) is 42.0 Å². The van der Waals surface area contributed by atoms with Crippen molar-refractivity contribution in [3.63, 3.8) is 0 Å². The molecule has 148 valence electrons. The number of aryl methyl sites for hydroxylation is 2. The smallest absolute Gasteiger partial charge is 0.332 e. The summed E-state index contributed by atoms with van der Waals surface area (Å²) in [6, 6.07) is 0. The summed E-state index contributed by atoms with van der Waals surface area (Å²) in [5.41, 5.74) is -0.715. The Kier molecular flexibility index (Phi) is 7.18. The highest BCUT2D eigenvalue weighted by molar-refractivity contribution is 8.00. The molecule has 0 radical (unpaired) electrons. The lowest BCUT2D eigenvalue weighted by Gasteiger charge is -2.15. The number of thioether (sulfide) groups is 1. The van der Waals surface area contributed by atoms with Crippen LogP contribution in [-0.2, 0) is 25.3 Å². The molecule has 2 aromatic rings. The molecule has 27 heavy (non-hydrogen) atoms. The van der Waals surface area contributed by atoms with Crippen molar-refractivity contribution in [2.45, 2.75) is 62.6 Å². The van der Waals surface area contributed by atoms with Gasteiger partial charge in [-0.3, -0.25) is 18.7 Å². The summed E-state index contributed by atoms with van der Waals surface area (Å²) >= 11 is 1.07. The van der Waals surface area contributed by atoms with Crippen molar-refractivity contribution in [1.29, 1.82) is 0 Å². The fourth-order valence-electron chi connectivity index (χ4n) is 2.76. The number of fused-ring (bicyclic) bond motifs is 1. The van der Waals surface area contributed by atoms with Crippen LogP contribution in [0.5, 0.6) is 0 Å². The maximum atomic E-state index is 12.7. The zero-order valence-electron chi connectivity index (χ0n) is 16.2. The van der Waals surface area contributed by atoms with Gasteiger partial charge in [-0.2, -0.15) is 0 Å². The van der Waals surface area contributed by atoms with E-state index in [1.807, 2.05) is 13.8 Å². The zero-order chi connectivity index (χ0) is 20.1. The molecule has 1 N–H and O–H groups in total. The molecule has 9 heteroatoms. The Morgan fingerprint density at radius 1 is 1.11 bits per heavy atom. The van der Waals surface area contributed by atoms with Crippen molar-refractivity contribution in [2.24, 2.45) is 14.1 Å². The van der Waals surface area contributed by atoms with Gasteiger partial charge in [0.15, 0.2) is 5.65 Å². The van der Waals surface area contributed by atoms with Crippen molar-refractivity contribution in [3.05, 3.63) is 26.7 Å². The molecule has 0 bridgehead atoms. The summed E-state index contributed by atoms with van der Waals surface area (Å²) in [7, 11) is 2.95. The second kappa shape index (κ2) is 9.16. The normalized spacial score (nSPS) is 12.4. The highest BCUT2D eigenvalue weighted by Crippen LogP contribution is 2.29. The number of nitrogens with zero attached hydrogens (tertiary/aromatic N) is 4. The predicted octanol–water partition coefficient (Wildman–Crippen LogP) is 2.11. The van der Waals surface area contributed by atoms with E-state index < -0.39 is 22.5 Å². The highest BCUT2D eigenvalue weighted by atomic mass is 32.2. The number of carboxylic acid groups (broad SMARTS) is 1. The van der Waals surface area contributed by atoms with Gasteiger partial charge in [0, 0.05) is 20.5 Å². The van der Waals surface area contributed by atoms with Gasteiger partial charge in [0.1, 0.15) is 21.5 Å². The van der Waals surface area contributed by atoms with Crippen LogP contribution in [-0.4, -0.2) is 35.4 Å². The second-order valence-electron chi connectivity index (χ2n) is 6.54. The minimum absolute atomic E-state index is 0.201. The molecule has 0 aliphatic rings. The van der Waals surface area contributed by atoms with Gasteiger partial charge in [0.2, 0.25) is 0 Å². The van der Waals surface area contributed by atoms with Gasteiger partial charge in [-0.25, -0.2) is 14.8 Å². The number of hydrogen-bond donors (Lipinski definition) is 1. The number of aliphatic carboxylic acids is 1. The van der Waals surface area contributed by atoms with Crippen LogP contribution in [0, 0.1) is 0 Å². The highest BCUT2D eigenvalue weighted by Gasteiger charge is 2.24. The van der Waals surface area contributed by atoms with E-state index in [4.69, 9.17) is 0 Å². The third-order valence-corrected chi connectivity index (χ3v) is 5.66. The van der Waals surface area contributed by atoms with Crippen LogP contribution in [0.25, 0.3) is 11.0 Å². The number of carboxylic acids is 1. The van der Waals surface area contributed by atoms with Crippen molar-refractivity contribution in [2.75, 3.05) is 0 Å². The van der Waals surface area contributed by atoms with E-state index in [-0.39, 0.29) is 11.0 Å². The van der Waals surface area contributed by atoms with Gasteiger partial charge in [-0.1, -0.05) is 44.9 Å². The Labute approximate surface area is 161 Å². The first kappa shape index (κ1) is 21.1. The Bertz CT molecular complexity index is 951. The largest absolute Gasteiger partial charge is 0.480 e. The number of carbonyl (C=O) groups is 1. The Hall–Kier alpha value is -2.16. The molecule has 0 saturated carbocycles. The fourth-order valence-corrected chi connectivity index (χ4v) is 3.87. The SMILES string of the molecule is CCCCc1nc(S[C@@H](CCCC)C(=O)O)c2c(=O)n(C)c(=O)n(C)c2n1. The summed E-state index contributed by atoms with van der Waals surface area (Å²) in [5.74, 6) is -0.410.